The summed E-state index contributed by atoms with van der Waals surface area (Å²) in [7, 11) is 1.58. The summed E-state index contributed by atoms with van der Waals surface area (Å²) in [4.78, 5) is 27.2. The van der Waals surface area contributed by atoms with Crippen molar-refractivity contribution in [2.45, 2.75) is 33.4 Å². The van der Waals surface area contributed by atoms with Crippen LogP contribution in [0.4, 0.5) is 0 Å². The van der Waals surface area contributed by atoms with Crippen molar-refractivity contribution in [2.75, 3.05) is 20.3 Å². The number of para-hydroxylation sites is 1. The van der Waals surface area contributed by atoms with Gasteiger partial charge < -0.3 is 19.7 Å². The molecule has 0 aliphatic rings. The summed E-state index contributed by atoms with van der Waals surface area (Å²) in [5.74, 6) is 0.893. The molecule has 0 aliphatic carbocycles. The van der Waals surface area contributed by atoms with Crippen LogP contribution < -0.4 is 14.8 Å². The van der Waals surface area contributed by atoms with E-state index in [0.29, 0.717) is 29.0 Å². The molecule has 1 N–H and O–H groups in total. The number of carbonyl (C=O) groups is 2. The molecule has 2 aromatic rings. The van der Waals surface area contributed by atoms with Gasteiger partial charge in [-0.2, -0.15) is 0 Å². The number of benzene rings is 2. The Balaban J connectivity index is 2.17. The average molecular weight is 433 g/mol. The monoisotopic (exact) mass is 432 g/mol. The van der Waals surface area contributed by atoms with E-state index in [-0.39, 0.29) is 25.0 Å². The van der Waals surface area contributed by atoms with Crippen molar-refractivity contribution in [3.8, 4) is 11.5 Å². The summed E-state index contributed by atoms with van der Waals surface area (Å²) in [6.45, 7) is 6.31. The van der Waals surface area contributed by atoms with E-state index in [9.17, 15) is 9.59 Å². The van der Waals surface area contributed by atoms with E-state index < -0.39 is 6.04 Å². The molecule has 0 saturated heterocycles. The maximum absolute atomic E-state index is 13.0. The van der Waals surface area contributed by atoms with Gasteiger partial charge in [-0.05, 0) is 42.7 Å². The van der Waals surface area contributed by atoms with E-state index in [1.165, 1.54) is 4.90 Å². The van der Waals surface area contributed by atoms with E-state index in [2.05, 4.69) is 5.32 Å². The van der Waals surface area contributed by atoms with Gasteiger partial charge in [-0.1, -0.05) is 49.7 Å². The minimum Gasteiger partial charge on any atom is -0.497 e. The molecule has 1 atom stereocenters. The second kappa shape index (κ2) is 11.5. The molecular weight excluding hydrogens is 404 g/mol. The molecule has 7 heteroatoms. The molecule has 0 radical (unpaired) electrons. The van der Waals surface area contributed by atoms with E-state index >= 15 is 0 Å². The zero-order valence-corrected chi connectivity index (χ0v) is 18.6. The standard InChI is InChI=1S/C23H29ClN2O4/c1-16(2)13-25-23(28)17(3)26(14-18-8-7-9-19(12-18)29-4)22(27)15-30-21-11-6-5-10-20(21)24/h5-12,16-17H,13-15H2,1-4H3,(H,25,28)/t17-/m0/s1. The number of carbonyl (C=O) groups excluding carboxylic acids is 2. The fourth-order valence-electron chi connectivity index (χ4n) is 2.79. The van der Waals surface area contributed by atoms with Gasteiger partial charge in [0.25, 0.3) is 5.91 Å². The van der Waals surface area contributed by atoms with Crippen LogP contribution in [-0.2, 0) is 16.1 Å². The average Bonchev–Trinajstić information content (AvgIpc) is 2.74. The Morgan fingerprint density at radius 3 is 2.50 bits per heavy atom. The molecule has 0 fully saturated rings. The van der Waals surface area contributed by atoms with Gasteiger partial charge in [0.15, 0.2) is 6.61 Å². The highest BCUT2D eigenvalue weighted by Gasteiger charge is 2.26. The number of halogens is 1. The lowest BCUT2D eigenvalue weighted by Gasteiger charge is -2.29. The van der Waals surface area contributed by atoms with Crippen molar-refractivity contribution in [3.63, 3.8) is 0 Å². The van der Waals surface area contributed by atoms with Crippen molar-refractivity contribution in [2.24, 2.45) is 5.92 Å². The number of methoxy groups -OCH3 is 1. The molecule has 0 aliphatic heterocycles. The molecule has 0 saturated carbocycles. The highest BCUT2D eigenvalue weighted by Crippen LogP contribution is 2.23. The molecule has 6 nitrogen and oxygen atoms in total. The van der Waals surface area contributed by atoms with E-state index in [1.54, 1.807) is 38.3 Å². The first-order valence-electron chi connectivity index (χ1n) is 9.89. The van der Waals surface area contributed by atoms with Crippen LogP contribution >= 0.6 is 11.6 Å². The number of nitrogens with one attached hydrogen (secondary N) is 1. The van der Waals surface area contributed by atoms with Gasteiger partial charge >= 0.3 is 0 Å². The molecule has 30 heavy (non-hydrogen) atoms. The Morgan fingerprint density at radius 1 is 1.10 bits per heavy atom. The highest BCUT2D eigenvalue weighted by molar-refractivity contribution is 6.32. The lowest BCUT2D eigenvalue weighted by atomic mass is 10.1. The molecule has 0 spiro atoms. The van der Waals surface area contributed by atoms with E-state index in [1.807, 2.05) is 38.1 Å². The van der Waals surface area contributed by atoms with Crippen LogP contribution in [0, 0.1) is 5.92 Å². The molecule has 2 amide bonds. The number of nitrogens with zero attached hydrogens (tertiary/aromatic N) is 1. The maximum atomic E-state index is 13.0. The highest BCUT2D eigenvalue weighted by atomic mass is 35.5. The lowest BCUT2D eigenvalue weighted by molar-refractivity contribution is -0.142. The Labute approximate surface area is 183 Å². The van der Waals surface area contributed by atoms with Crippen molar-refractivity contribution in [3.05, 3.63) is 59.1 Å². The minimum atomic E-state index is -0.669. The number of rotatable bonds is 10. The third kappa shape index (κ3) is 6.95. The first-order chi connectivity index (χ1) is 14.3. The summed E-state index contributed by atoms with van der Waals surface area (Å²) < 4.78 is 10.9. The number of hydrogen-bond acceptors (Lipinski definition) is 4. The predicted octanol–water partition coefficient (Wildman–Crippen LogP) is 3.92. The zero-order chi connectivity index (χ0) is 22.1. The van der Waals surface area contributed by atoms with Crippen LogP contribution in [0.3, 0.4) is 0 Å². The topological polar surface area (TPSA) is 67.9 Å². The Hall–Kier alpha value is -2.73. The van der Waals surface area contributed by atoms with Crippen LogP contribution in [0.15, 0.2) is 48.5 Å². The summed E-state index contributed by atoms with van der Waals surface area (Å²) in [6.07, 6.45) is 0. The lowest BCUT2D eigenvalue weighted by Crippen LogP contribution is -2.49. The van der Waals surface area contributed by atoms with Crippen LogP contribution in [0.1, 0.15) is 26.3 Å². The minimum absolute atomic E-state index is 0.210. The number of ether oxygens (including phenoxy) is 2. The van der Waals surface area contributed by atoms with Crippen LogP contribution in [0.2, 0.25) is 5.02 Å². The summed E-state index contributed by atoms with van der Waals surface area (Å²) >= 11 is 6.11. The molecule has 0 unspecified atom stereocenters. The second-order valence-corrected chi connectivity index (χ2v) is 7.81. The van der Waals surface area contributed by atoms with Crippen molar-refractivity contribution in [1.29, 1.82) is 0 Å². The fourth-order valence-corrected chi connectivity index (χ4v) is 2.98. The largest absolute Gasteiger partial charge is 0.497 e. The summed E-state index contributed by atoms with van der Waals surface area (Å²) in [5.41, 5.74) is 0.851. The summed E-state index contributed by atoms with van der Waals surface area (Å²) in [5, 5.41) is 3.31. The Kier molecular flexibility index (Phi) is 8.99. The molecular formula is C23H29ClN2O4. The third-order valence-corrected chi connectivity index (χ3v) is 4.84. The predicted molar refractivity (Wildman–Crippen MR) is 118 cm³/mol. The van der Waals surface area contributed by atoms with Gasteiger partial charge in [0, 0.05) is 13.1 Å². The quantitative estimate of drug-likeness (QED) is 0.618. The number of hydrogen-bond donors (Lipinski definition) is 1. The van der Waals surface area contributed by atoms with E-state index in [4.69, 9.17) is 21.1 Å². The van der Waals surface area contributed by atoms with Crippen molar-refractivity contribution < 1.29 is 19.1 Å². The smallest absolute Gasteiger partial charge is 0.261 e. The van der Waals surface area contributed by atoms with Crippen molar-refractivity contribution >= 4 is 23.4 Å². The molecule has 0 heterocycles. The van der Waals surface area contributed by atoms with Crippen LogP contribution in [0.25, 0.3) is 0 Å². The third-order valence-electron chi connectivity index (χ3n) is 4.53. The van der Waals surface area contributed by atoms with Gasteiger partial charge in [0.2, 0.25) is 5.91 Å². The first-order valence-corrected chi connectivity index (χ1v) is 10.3. The van der Waals surface area contributed by atoms with Crippen LogP contribution in [-0.4, -0.2) is 43.0 Å². The SMILES string of the molecule is COc1cccc(CN(C(=O)COc2ccccc2Cl)[C@@H](C)C(=O)NCC(C)C)c1. The van der Waals surface area contributed by atoms with Crippen LogP contribution in [0.5, 0.6) is 11.5 Å². The molecule has 0 bridgehead atoms. The van der Waals surface area contributed by atoms with Gasteiger partial charge in [0.05, 0.1) is 12.1 Å². The van der Waals surface area contributed by atoms with Crippen molar-refractivity contribution in [1.82, 2.24) is 10.2 Å². The van der Waals surface area contributed by atoms with Gasteiger partial charge in [-0.15, -0.1) is 0 Å². The normalized spacial score (nSPS) is 11.7. The zero-order valence-electron chi connectivity index (χ0n) is 17.9. The molecule has 2 rings (SSSR count). The molecule has 2 aromatic carbocycles. The first kappa shape index (κ1) is 23.5. The second-order valence-electron chi connectivity index (χ2n) is 7.41. The van der Waals surface area contributed by atoms with Gasteiger partial charge in [0.1, 0.15) is 17.5 Å². The molecule has 0 aromatic heterocycles. The number of amides is 2. The Bertz CT molecular complexity index is 857. The van der Waals surface area contributed by atoms with E-state index in [0.717, 1.165) is 5.56 Å². The molecule has 162 valence electrons. The van der Waals surface area contributed by atoms with Gasteiger partial charge in [-0.3, -0.25) is 9.59 Å². The maximum Gasteiger partial charge on any atom is 0.261 e. The fraction of sp³-hybridized carbons (Fsp3) is 0.391. The Morgan fingerprint density at radius 2 is 1.83 bits per heavy atom. The summed E-state index contributed by atoms with van der Waals surface area (Å²) in [6, 6.07) is 13.7. The van der Waals surface area contributed by atoms with Gasteiger partial charge in [-0.25, -0.2) is 0 Å².